The highest BCUT2D eigenvalue weighted by Gasteiger charge is 2.35. The van der Waals surface area contributed by atoms with E-state index < -0.39 is 0 Å². The first kappa shape index (κ1) is 12.3. The van der Waals surface area contributed by atoms with Crippen LogP contribution in [-0.4, -0.2) is 36.6 Å². The average molecular weight is 256 g/mol. The van der Waals surface area contributed by atoms with Crippen molar-refractivity contribution in [3.05, 3.63) is 23.8 Å². The van der Waals surface area contributed by atoms with Crippen LogP contribution in [0.1, 0.15) is 25.3 Å². The fourth-order valence-corrected chi connectivity index (χ4v) is 3.42. The molecule has 19 heavy (non-hydrogen) atoms. The van der Waals surface area contributed by atoms with Gasteiger partial charge in [0.1, 0.15) is 6.07 Å². The molecule has 2 aliphatic heterocycles. The highest BCUT2D eigenvalue weighted by molar-refractivity contribution is 5.74. The second-order valence-electron chi connectivity index (χ2n) is 5.64. The zero-order chi connectivity index (χ0) is 13.4. The van der Waals surface area contributed by atoms with Gasteiger partial charge in [0.15, 0.2) is 0 Å². The molecule has 1 aromatic rings. The van der Waals surface area contributed by atoms with Crippen LogP contribution in [0.25, 0.3) is 0 Å². The van der Waals surface area contributed by atoms with Crippen LogP contribution >= 0.6 is 0 Å². The molecular weight excluding hydrogens is 236 g/mol. The van der Waals surface area contributed by atoms with Crippen LogP contribution in [0, 0.1) is 11.3 Å². The summed E-state index contributed by atoms with van der Waals surface area (Å²) in [6.07, 6.45) is 2.58. The van der Waals surface area contributed by atoms with E-state index in [0.29, 0.717) is 23.3 Å². The molecular formula is C15H20N4. The third-order valence-corrected chi connectivity index (χ3v) is 4.45. The molecule has 1 aromatic carbocycles. The SMILES string of the molecule is CC1CN2CCCC2CN1c1cccc(C#N)c1N. The third-order valence-electron chi connectivity index (χ3n) is 4.45. The molecule has 2 N–H and O–H groups in total. The predicted molar refractivity (Wildman–Crippen MR) is 77.0 cm³/mol. The summed E-state index contributed by atoms with van der Waals surface area (Å²) in [4.78, 5) is 4.97. The van der Waals surface area contributed by atoms with Gasteiger partial charge in [-0.2, -0.15) is 5.26 Å². The molecule has 2 heterocycles. The number of fused-ring (bicyclic) bond motifs is 1. The maximum Gasteiger partial charge on any atom is 0.101 e. The Balaban J connectivity index is 1.91. The van der Waals surface area contributed by atoms with E-state index in [1.54, 1.807) is 6.07 Å². The molecule has 0 radical (unpaired) electrons. The highest BCUT2D eigenvalue weighted by atomic mass is 15.3. The second kappa shape index (κ2) is 4.75. The molecule has 0 spiro atoms. The van der Waals surface area contributed by atoms with Crippen molar-refractivity contribution in [2.45, 2.75) is 31.8 Å². The number of benzene rings is 1. The third kappa shape index (κ3) is 2.04. The van der Waals surface area contributed by atoms with Crippen molar-refractivity contribution >= 4 is 11.4 Å². The molecule has 2 saturated heterocycles. The Kier molecular flexibility index (Phi) is 3.08. The van der Waals surface area contributed by atoms with Crippen LogP contribution in [0.15, 0.2) is 18.2 Å². The van der Waals surface area contributed by atoms with Crippen LogP contribution in [0.5, 0.6) is 0 Å². The molecule has 0 amide bonds. The Labute approximate surface area is 114 Å². The van der Waals surface area contributed by atoms with E-state index in [2.05, 4.69) is 22.8 Å². The van der Waals surface area contributed by atoms with Crippen molar-refractivity contribution in [2.75, 3.05) is 30.3 Å². The Morgan fingerprint density at radius 1 is 1.37 bits per heavy atom. The summed E-state index contributed by atoms with van der Waals surface area (Å²) in [6.45, 7) is 5.60. The topological polar surface area (TPSA) is 56.3 Å². The summed E-state index contributed by atoms with van der Waals surface area (Å²) in [7, 11) is 0. The standard InChI is InChI=1S/C15H20N4/c1-11-9-18-7-3-5-13(18)10-19(11)14-6-2-4-12(8-16)15(14)17/h2,4,6,11,13H,3,5,7,9-10,17H2,1H3. The van der Waals surface area contributed by atoms with E-state index in [0.717, 1.165) is 18.8 Å². The fourth-order valence-electron chi connectivity index (χ4n) is 3.42. The molecule has 2 aliphatic rings. The van der Waals surface area contributed by atoms with Crippen molar-refractivity contribution in [1.29, 1.82) is 5.26 Å². The lowest BCUT2D eigenvalue weighted by Crippen LogP contribution is -2.55. The first-order valence-electron chi connectivity index (χ1n) is 7.00. The number of nitriles is 1. The number of para-hydroxylation sites is 1. The van der Waals surface area contributed by atoms with Gasteiger partial charge in [0.05, 0.1) is 16.9 Å². The van der Waals surface area contributed by atoms with Gasteiger partial charge in [-0.3, -0.25) is 4.90 Å². The van der Waals surface area contributed by atoms with Gasteiger partial charge in [-0.15, -0.1) is 0 Å². The summed E-state index contributed by atoms with van der Waals surface area (Å²) < 4.78 is 0. The van der Waals surface area contributed by atoms with Crippen molar-refractivity contribution in [2.24, 2.45) is 0 Å². The molecule has 3 rings (SSSR count). The van der Waals surface area contributed by atoms with Gasteiger partial charge in [0.25, 0.3) is 0 Å². The largest absolute Gasteiger partial charge is 0.396 e. The van der Waals surface area contributed by atoms with Crippen LogP contribution in [0.4, 0.5) is 11.4 Å². The van der Waals surface area contributed by atoms with E-state index in [1.165, 1.54) is 19.4 Å². The number of nitrogen functional groups attached to an aromatic ring is 1. The summed E-state index contributed by atoms with van der Waals surface area (Å²) in [5.41, 5.74) is 8.38. The zero-order valence-corrected chi connectivity index (χ0v) is 11.3. The van der Waals surface area contributed by atoms with E-state index in [1.807, 2.05) is 12.1 Å². The van der Waals surface area contributed by atoms with Gasteiger partial charge in [-0.25, -0.2) is 0 Å². The minimum atomic E-state index is 0.450. The minimum Gasteiger partial charge on any atom is -0.396 e. The summed E-state index contributed by atoms with van der Waals surface area (Å²) in [5.74, 6) is 0. The van der Waals surface area contributed by atoms with Crippen molar-refractivity contribution in [3.63, 3.8) is 0 Å². The lowest BCUT2D eigenvalue weighted by atomic mass is 10.0. The molecule has 2 unspecified atom stereocenters. The Morgan fingerprint density at radius 3 is 3.00 bits per heavy atom. The minimum absolute atomic E-state index is 0.450. The monoisotopic (exact) mass is 256 g/mol. The molecule has 4 heteroatoms. The lowest BCUT2D eigenvalue weighted by molar-refractivity contribution is 0.203. The summed E-state index contributed by atoms with van der Waals surface area (Å²) >= 11 is 0. The van der Waals surface area contributed by atoms with Gasteiger partial charge in [0, 0.05) is 25.2 Å². The maximum atomic E-state index is 9.10. The fraction of sp³-hybridized carbons (Fsp3) is 0.533. The van der Waals surface area contributed by atoms with Gasteiger partial charge in [-0.1, -0.05) is 6.07 Å². The first-order valence-corrected chi connectivity index (χ1v) is 7.00. The molecule has 0 bridgehead atoms. The molecule has 0 aromatic heterocycles. The van der Waals surface area contributed by atoms with E-state index in [9.17, 15) is 0 Å². The summed E-state index contributed by atoms with van der Waals surface area (Å²) in [6, 6.07) is 9.03. The van der Waals surface area contributed by atoms with Crippen molar-refractivity contribution in [3.8, 4) is 6.07 Å². The predicted octanol–water partition coefficient (Wildman–Crippen LogP) is 1.81. The number of hydrogen-bond donors (Lipinski definition) is 1. The average Bonchev–Trinajstić information content (AvgIpc) is 2.85. The van der Waals surface area contributed by atoms with E-state index >= 15 is 0 Å². The maximum absolute atomic E-state index is 9.10. The number of piperazine rings is 1. The molecule has 0 aliphatic carbocycles. The lowest BCUT2D eigenvalue weighted by Gasteiger charge is -2.44. The molecule has 0 saturated carbocycles. The number of hydrogen-bond acceptors (Lipinski definition) is 4. The Morgan fingerprint density at radius 2 is 2.21 bits per heavy atom. The van der Waals surface area contributed by atoms with Gasteiger partial charge >= 0.3 is 0 Å². The highest BCUT2D eigenvalue weighted by Crippen LogP contribution is 2.33. The molecule has 2 atom stereocenters. The number of nitrogens with two attached hydrogens (primary N) is 1. The molecule has 100 valence electrons. The van der Waals surface area contributed by atoms with Crippen LogP contribution in [-0.2, 0) is 0 Å². The smallest absolute Gasteiger partial charge is 0.101 e. The molecule has 2 fully saturated rings. The molecule has 4 nitrogen and oxygen atoms in total. The number of anilines is 2. The Bertz CT molecular complexity index is 519. The second-order valence-corrected chi connectivity index (χ2v) is 5.64. The summed E-state index contributed by atoms with van der Waals surface area (Å²) in [5, 5.41) is 9.10. The van der Waals surface area contributed by atoms with Crippen molar-refractivity contribution < 1.29 is 0 Å². The van der Waals surface area contributed by atoms with Crippen LogP contribution in [0.3, 0.4) is 0 Å². The van der Waals surface area contributed by atoms with Crippen molar-refractivity contribution in [1.82, 2.24) is 4.90 Å². The van der Waals surface area contributed by atoms with Gasteiger partial charge in [-0.05, 0) is 38.4 Å². The van der Waals surface area contributed by atoms with Crippen LogP contribution < -0.4 is 10.6 Å². The quantitative estimate of drug-likeness (QED) is 0.779. The van der Waals surface area contributed by atoms with E-state index in [-0.39, 0.29) is 0 Å². The Hall–Kier alpha value is -1.73. The first-order chi connectivity index (χ1) is 9.20. The normalized spacial score (nSPS) is 27.1. The van der Waals surface area contributed by atoms with Gasteiger partial charge in [0.2, 0.25) is 0 Å². The van der Waals surface area contributed by atoms with Gasteiger partial charge < -0.3 is 10.6 Å². The van der Waals surface area contributed by atoms with E-state index in [4.69, 9.17) is 11.0 Å². The van der Waals surface area contributed by atoms with Crippen LogP contribution in [0.2, 0.25) is 0 Å². The zero-order valence-electron chi connectivity index (χ0n) is 11.3. The number of rotatable bonds is 1. The number of nitrogens with zero attached hydrogens (tertiary/aromatic N) is 3.